The average molecular weight is 462 g/mol. The van der Waals surface area contributed by atoms with Gasteiger partial charge in [0.2, 0.25) is 0 Å². The summed E-state index contributed by atoms with van der Waals surface area (Å²) in [5.74, 6) is 0.247. The number of ether oxygens (including phenoxy) is 2. The van der Waals surface area contributed by atoms with E-state index in [0.29, 0.717) is 19.6 Å². The fourth-order valence-electron chi connectivity index (χ4n) is 3.25. The van der Waals surface area contributed by atoms with Crippen LogP contribution in [0, 0.1) is 5.92 Å². The molecule has 3 rings (SSSR count). The van der Waals surface area contributed by atoms with Crippen LogP contribution in [0.4, 0.5) is 9.59 Å². The minimum Gasteiger partial charge on any atom is -0.445 e. The number of nitrogens with zero attached hydrogens (tertiary/aromatic N) is 3. The molecule has 1 fully saturated rings. The maximum absolute atomic E-state index is 12.9. The van der Waals surface area contributed by atoms with Crippen molar-refractivity contribution in [3.63, 3.8) is 0 Å². The third kappa shape index (κ3) is 7.12. The Labute approximate surface area is 190 Å². The molecule has 8 nitrogen and oxygen atoms in total. The summed E-state index contributed by atoms with van der Waals surface area (Å²) in [5, 5.41) is 2.87. The summed E-state index contributed by atoms with van der Waals surface area (Å²) < 4.78 is 28.0. The average Bonchev–Trinajstić information content (AvgIpc) is 2.76. The largest absolute Gasteiger partial charge is 0.445 e. The van der Waals surface area contributed by atoms with Crippen molar-refractivity contribution in [3.8, 4) is 0 Å². The molecule has 2 heterocycles. The molecule has 1 aromatic rings. The lowest BCUT2D eigenvalue weighted by Gasteiger charge is -2.30. The lowest BCUT2D eigenvalue weighted by Crippen LogP contribution is -2.39. The molecule has 1 aromatic carbocycles. The smallest absolute Gasteiger partial charge is 0.418 e. The van der Waals surface area contributed by atoms with E-state index < -0.39 is 21.4 Å². The van der Waals surface area contributed by atoms with Crippen LogP contribution in [0.2, 0.25) is 0 Å². The number of amides is 2. The van der Waals surface area contributed by atoms with E-state index in [1.165, 1.54) is 28.1 Å². The van der Waals surface area contributed by atoms with Crippen LogP contribution in [0.1, 0.15) is 39.2 Å². The summed E-state index contributed by atoms with van der Waals surface area (Å²) in [7, 11) is -2.66. The summed E-state index contributed by atoms with van der Waals surface area (Å²) in [5.41, 5.74) is 0.349. The molecule has 0 bridgehead atoms. The van der Waals surface area contributed by atoms with Gasteiger partial charge in [0, 0.05) is 36.3 Å². The highest BCUT2D eigenvalue weighted by Crippen LogP contribution is 2.21. The van der Waals surface area contributed by atoms with E-state index in [4.69, 9.17) is 9.47 Å². The van der Waals surface area contributed by atoms with Gasteiger partial charge in [0.1, 0.15) is 12.2 Å². The number of piperidine rings is 1. The highest BCUT2D eigenvalue weighted by atomic mass is 32.2. The van der Waals surface area contributed by atoms with Gasteiger partial charge in [-0.3, -0.25) is 4.90 Å². The SMILES string of the molecule is CC(C)(C)OC(=O)N1C=CS(=O)(=NCC2CCN(C(=O)OCc3ccccc3)CC2)C=C1. The zero-order valence-electron chi connectivity index (χ0n) is 18.8. The second-order valence-electron chi connectivity index (χ2n) is 8.85. The molecule has 0 aromatic heterocycles. The normalized spacial score (nSPS) is 18.3. The maximum Gasteiger partial charge on any atom is 0.418 e. The first kappa shape index (κ1) is 23.8. The van der Waals surface area contributed by atoms with Crippen molar-refractivity contribution in [3.05, 3.63) is 59.1 Å². The van der Waals surface area contributed by atoms with Crippen LogP contribution in [0.5, 0.6) is 0 Å². The van der Waals surface area contributed by atoms with Gasteiger partial charge >= 0.3 is 12.2 Å². The van der Waals surface area contributed by atoms with E-state index in [-0.39, 0.29) is 18.6 Å². The van der Waals surface area contributed by atoms with Crippen molar-refractivity contribution in [2.45, 2.75) is 45.8 Å². The van der Waals surface area contributed by atoms with E-state index in [1.54, 1.807) is 25.7 Å². The minimum atomic E-state index is -2.66. The lowest BCUT2D eigenvalue weighted by atomic mass is 9.97. The third-order valence-corrected chi connectivity index (χ3v) is 6.63. The van der Waals surface area contributed by atoms with Gasteiger partial charge in [0.25, 0.3) is 0 Å². The van der Waals surface area contributed by atoms with Gasteiger partial charge in [-0.1, -0.05) is 30.3 Å². The van der Waals surface area contributed by atoms with Gasteiger partial charge in [0.05, 0.1) is 16.3 Å². The van der Waals surface area contributed by atoms with E-state index in [2.05, 4.69) is 4.36 Å². The highest BCUT2D eigenvalue weighted by Gasteiger charge is 2.25. The molecule has 2 amide bonds. The fourth-order valence-corrected chi connectivity index (χ4v) is 4.57. The summed E-state index contributed by atoms with van der Waals surface area (Å²) in [6.07, 6.45) is 3.58. The Morgan fingerprint density at radius 3 is 2.28 bits per heavy atom. The molecular weight excluding hydrogens is 430 g/mol. The fraction of sp³-hybridized carbons (Fsp3) is 0.478. The maximum atomic E-state index is 12.9. The summed E-state index contributed by atoms with van der Waals surface area (Å²) in [4.78, 5) is 27.3. The van der Waals surface area contributed by atoms with E-state index in [9.17, 15) is 13.8 Å². The Morgan fingerprint density at radius 2 is 1.69 bits per heavy atom. The van der Waals surface area contributed by atoms with Gasteiger partial charge in [-0.2, -0.15) is 0 Å². The zero-order valence-corrected chi connectivity index (χ0v) is 19.6. The van der Waals surface area contributed by atoms with Crippen LogP contribution in [0.15, 0.2) is 57.9 Å². The van der Waals surface area contributed by atoms with Crippen LogP contribution in [-0.2, 0) is 25.8 Å². The van der Waals surface area contributed by atoms with Crippen molar-refractivity contribution < 1.29 is 23.3 Å². The molecular formula is C23H31N3O5S. The number of carbonyl (C=O) groups excluding carboxylic acids is 2. The second-order valence-corrected chi connectivity index (χ2v) is 10.9. The Kier molecular flexibility index (Phi) is 7.60. The molecule has 1 saturated heterocycles. The number of rotatable bonds is 4. The highest BCUT2D eigenvalue weighted by molar-refractivity contribution is 7.99. The van der Waals surface area contributed by atoms with Crippen molar-refractivity contribution in [2.75, 3.05) is 19.6 Å². The van der Waals surface area contributed by atoms with Crippen molar-refractivity contribution >= 4 is 21.9 Å². The number of hydrogen-bond acceptors (Lipinski definition) is 6. The van der Waals surface area contributed by atoms with Crippen LogP contribution < -0.4 is 0 Å². The van der Waals surface area contributed by atoms with E-state index in [1.807, 2.05) is 30.3 Å². The van der Waals surface area contributed by atoms with E-state index in [0.717, 1.165) is 18.4 Å². The molecule has 0 spiro atoms. The topological polar surface area (TPSA) is 88.5 Å². The Bertz CT molecular complexity index is 963. The standard InChI is InChI=1S/C23H31N3O5S/c1-23(2,3)31-22(28)26-13-15-32(29,16-14-26)24-17-19-9-11-25(12-10-19)21(27)30-18-20-7-5-4-6-8-20/h4-8,13-16,19H,9-12,17-18H2,1-3H3. The van der Waals surface area contributed by atoms with E-state index >= 15 is 0 Å². The van der Waals surface area contributed by atoms with Gasteiger partial charge in [-0.15, -0.1) is 0 Å². The number of likely N-dealkylation sites (tertiary alicyclic amines) is 1. The predicted octanol–water partition coefficient (Wildman–Crippen LogP) is 4.70. The molecule has 0 radical (unpaired) electrons. The molecule has 0 saturated carbocycles. The number of benzene rings is 1. The second kappa shape index (κ2) is 10.2. The molecule has 0 atom stereocenters. The molecule has 0 aliphatic carbocycles. The number of hydrogen-bond donors (Lipinski definition) is 0. The lowest BCUT2D eigenvalue weighted by molar-refractivity contribution is 0.0399. The van der Waals surface area contributed by atoms with Crippen molar-refractivity contribution in [2.24, 2.45) is 10.3 Å². The molecule has 2 aliphatic heterocycles. The van der Waals surface area contributed by atoms with Crippen LogP contribution >= 0.6 is 0 Å². The minimum absolute atomic E-state index is 0.247. The first-order valence-electron chi connectivity index (χ1n) is 10.7. The quantitative estimate of drug-likeness (QED) is 0.649. The summed E-state index contributed by atoms with van der Waals surface area (Å²) in [6, 6.07) is 9.58. The first-order valence-corrected chi connectivity index (χ1v) is 12.3. The zero-order chi connectivity index (χ0) is 23.2. The molecule has 0 unspecified atom stereocenters. The first-order chi connectivity index (χ1) is 15.1. The monoisotopic (exact) mass is 461 g/mol. The molecule has 9 heteroatoms. The van der Waals surface area contributed by atoms with Gasteiger partial charge < -0.3 is 14.4 Å². The Morgan fingerprint density at radius 1 is 1.06 bits per heavy atom. The van der Waals surface area contributed by atoms with Gasteiger partial charge in [-0.25, -0.2) is 18.2 Å². The van der Waals surface area contributed by atoms with Gasteiger partial charge in [-0.05, 0) is 45.1 Å². The molecule has 32 heavy (non-hydrogen) atoms. The van der Waals surface area contributed by atoms with Crippen molar-refractivity contribution in [1.29, 1.82) is 0 Å². The van der Waals surface area contributed by atoms with Crippen LogP contribution in [-0.4, -0.2) is 51.4 Å². The molecule has 2 aliphatic rings. The van der Waals surface area contributed by atoms with Gasteiger partial charge in [0.15, 0.2) is 0 Å². The Hall–Kier alpha value is -2.81. The molecule has 0 N–H and O–H groups in total. The van der Waals surface area contributed by atoms with Crippen molar-refractivity contribution in [1.82, 2.24) is 9.80 Å². The third-order valence-electron chi connectivity index (χ3n) is 5.05. The predicted molar refractivity (Wildman–Crippen MR) is 123 cm³/mol. The van der Waals surface area contributed by atoms with Crippen LogP contribution in [0.3, 0.4) is 0 Å². The Balaban J connectivity index is 1.44. The van der Waals surface area contributed by atoms with Crippen LogP contribution in [0.25, 0.3) is 0 Å². The molecule has 174 valence electrons. The summed E-state index contributed by atoms with van der Waals surface area (Å²) >= 11 is 0. The number of carbonyl (C=O) groups is 2. The summed E-state index contributed by atoms with van der Waals surface area (Å²) in [6.45, 7) is 7.24.